The summed E-state index contributed by atoms with van der Waals surface area (Å²) in [6, 6.07) is 5.45. The fraction of sp³-hybridized carbons (Fsp3) is 0.333. The van der Waals surface area contributed by atoms with E-state index in [9.17, 15) is 18.0 Å². The normalized spacial score (nSPS) is 17.3. The van der Waals surface area contributed by atoms with Gasteiger partial charge >= 0.3 is 5.97 Å². The lowest BCUT2D eigenvalue weighted by Gasteiger charge is -2.20. The summed E-state index contributed by atoms with van der Waals surface area (Å²) < 4.78 is 26.1. The standard InChI is InChI=1S/C12H14N2O5S/c15-11-5-7-14(8-6-13-11)20(18,19)10-4-2-1-3-9(10)12(16)17/h1-4H,5-8H2,(H,13,15)(H,16,17). The Balaban J connectivity index is 2.40. The first-order valence-corrected chi connectivity index (χ1v) is 7.46. The Hall–Kier alpha value is -1.93. The molecule has 0 spiro atoms. The van der Waals surface area contributed by atoms with E-state index in [4.69, 9.17) is 5.11 Å². The van der Waals surface area contributed by atoms with Crippen molar-refractivity contribution in [1.29, 1.82) is 0 Å². The number of sulfonamides is 1. The van der Waals surface area contributed by atoms with Crippen LogP contribution in [-0.4, -0.2) is 49.3 Å². The highest BCUT2D eigenvalue weighted by atomic mass is 32.2. The molecule has 1 aromatic rings. The molecule has 1 aromatic carbocycles. The third kappa shape index (κ3) is 2.81. The summed E-state index contributed by atoms with van der Waals surface area (Å²) in [4.78, 5) is 22.1. The molecule has 0 aromatic heterocycles. The van der Waals surface area contributed by atoms with Crippen LogP contribution in [-0.2, 0) is 14.8 Å². The molecule has 8 heteroatoms. The molecule has 1 fully saturated rings. The minimum Gasteiger partial charge on any atom is -0.478 e. The van der Waals surface area contributed by atoms with Gasteiger partial charge in [0.25, 0.3) is 0 Å². The lowest BCUT2D eigenvalue weighted by atomic mass is 10.2. The van der Waals surface area contributed by atoms with Gasteiger partial charge in [0.2, 0.25) is 15.9 Å². The number of carboxylic acids is 1. The van der Waals surface area contributed by atoms with Gasteiger partial charge in [0.15, 0.2) is 0 Å². The summed E-state index contributed by atoms with van der Waals surface area (Å²) in [5.41, 5.74) is -0.268. The zero-order chi connectivity index (χ0) is 14.8. The molecule has 1 amide bonds. The zero-order valence-corrected chi connectivity index (χ0v) is 11.4. The third-order valence-corrected chi connectivity index (χ3v) is 4.96. The number of carbonyl (C=O) groups is 2. The first-order chi connectivity index (χ1) is 9.43. The van der Waals surface area contributed by atoms with Crippen LogP contribution in [0.4, 0.5) is 0 Å². The number of nitrogens with zero attached hydrogens (tertiary/aromatic N) is 1. The van der Waals surface area contributed by atoms with Gasteiger partial charge in [0, 0.05) is 26.1 Å². The van der Waals surface area contributed by atoms with Crippen molar-refractivity contribution < 1.29 is 23.1 Å². The van der Waals surface area contributed by atoms with E-state index < -0.39 is 16.0 Å². The fourth-order valence-electron chi connectivity index (χ4n) is 1.99. The molecule has 2 rings (SSSR count). The second kappa shape index (κ2) is 5.59. The average Bonchev–Trinajstić information content (AvgIpc) is 2.64. The van der Waals surface area contributed by atoms with E-state index in [0.717, 1.165) is 4.31 Å². The molecule has 0 aliphatic carbocycles. The highest BCUT2D eigenvalue weighted by molar-refractivity contribution is 7.89. The van der Waals surface area contributed by atoms with Crippen molar-refractivity contribution >= 4 is 21.9 Å². The van der Waals surface area contributed by atoms with E-state index in [2.05, 4.69) is 5.32 Å². The predicted molar refractivity (Wildman–Crippen MR) is 69.8 cm³/mol. The maximum atomic E-state index is 12.5. The first-order valence-electron chi connectivity index (χ1n) is 6.02. The van der Waals surface area contributed by atoms with Gasteiger partial charge in [-0.1, -0.05) is 12.1 Å². The van der Waals surface area contributed by atoms with E-state index >= 15 is 0 Å². The summed E-state index contributed by atoms with van der Waals surface area (Å²) in [6.07, 6.45) is 0.0640. The lowest BCUT2D eigenvalue weighted by molar-refractivity contribution is -0.120. The van der Waals surface area contributed by atoms with Crippen LogP contribution in [0.25, 0.3) is 0 Å². The average molecular weight is 298 g/mol. The highest BCUT2D eigenvalue weighted by Gasteiger charge is 2.30. The summed E-state index contributed by atoms with van der Waals surface area (Å²) in [5, 5.41) is 11.6. The van der Waals surface area contributed by atoms with E-state index in [1.165, 1.54) is 24.3 Å². The monoisotopic (exact) mass is 298 g/mol. The summed E-state index contributed by atoms with van der Waals surface area (Å²) in [6.45, 7) is 0.386. The Morgan fingerprint density at radius 2 is 1.95 bits per heavy atom. The Morgan fingerprint density at radius 1 is 1.25 bits per heavy atom. The zero-order valence-electron chi connectivity index (χ0n) is 10.6. The fourth-order valence-corrected chi connectivity index (χ4v) is 3.62. The van der Waals surface area contributed by atoms with Crippen LogP contribution in [0, 0.1) is 0 Å². The molecule has 7 nitrogen and oxygen atoms in total. The van der Waals surface area contributed by atoms with E-state index in [1.54, 1.807) is 0 Å². The summed E-state index contributed by atoms with van der Waals surface area (Å²) in [7, 11) is -3.92. The van der Waals surface area contributed by atoms with Crippen molar-refractivity contribution in [3.8, 4) is 0 Å². The van der Waals surface area contributed by atoms with Gasteiger partial charge in [0.1, 0.15) is 0 Å². The maximum Gasteiger partial charge on any atom is 0.337 e. The van der Waals surface area contributed by atoms with Gasteiger partial charge in [-0.15, -0.1) is 0 Å². The van der Waals surface area contributed by atoms with E-state index in [0.29, 0.717) is 0 Å². The van der Waals surface area contributed by atoms with Crippen molar-refractivity contribution in [2.45, 2.75) is 11.3 Å². The second-order valence-corrected chi connectivity index (χ2v) is 6.21. The number of nitrogens with one attached hydrogen (secondary N) is 1. The van der Waals surface area contributed by atoms with Gasteiger partial charge < -0.3 is 10.4 Å². The Kier molecular flexibility index (Phi) is 4.05. The molecule has 0 saturated carbocycles. The number of carboxylic acid groups (broad SMARTS) is 1. The molecule has 0 unspecified atom stereocenters. The minimum atomic E-state index is -3.92. The van der Waals surface area contributed by atoms with E-state index in [-0.39, 0.29) is 42.4 Å². The van der Waals surface area contributed by atoms with Crippen LogP contribution < -0.4 is 5.32 Å². The van der Waals surface area contributed by atoms with Crippen molar-refractivity contribution in [1.82, 2.24) is 9.62 Å². The van der Waals surface area contributed by atoms with Gasteiger partial charge in [-0.05, 0) is 12.1 Å². The Morgan fingerprint density at radius 3 is 2.65 bits per heavy atom. The van der Waals surface area contributed by atoms with Crippen LogP contribution in [0.1, 0.15) is 16.8 Å². The highest BCUT2D eigenvalue weighted by Crippen LogP contribution is 2.21. The maximum absolute atomic E-state index is 12.5. The second-order valence-electron chi connectivity index (χ2n) is 4.31. The number of hydrogen-bond acceptors (Lipinski definition) is 4. The molecule has 0 bridgehead atoms. The molecule has 20 heavy (non-hydrogen) atoms. The molecule has 0 radical (unpaired) electrons. The molecule has 2 N–H and O–H groups in total. The molecule has 1 saturated heterocycles. The Bertz CT molecular complexity index is 641. The topological polar surface area (TPSA) is 104 Å². The van der Waals surface area contributed by atoms with E-state index in [1.807, 2.05) is 0 Å². The van der Waals surface area contributed by atoms with Crippen LogP contribution >= 0.6 is 0 Å². The molecular formula is C12H14N2O5S. The number of benzene rings is 1. The van der Waals surface area contributed by atoms with Crippen molar-refractivity contribution in [2.24, 2.45) is 0 Å². The van der Waals surface area contributed by atoms with Crippen molar-refractivity contribution in [3.63, 3.8) is 0 Å². The smallest absolute Gasteiger partial charge is 0.337 e. The molecule has 1 aliphatic rings. The summed E-state index contributed by atoms with van der Waals surface area (Å²) >= 11 is 0. The predicted octanol–water partition coefficient (Wildman–Crippen LogP) is -0.105. The van der Waals surface area contributed by atoms with Crippen LogP contribution in [0.5, 0.6) is 0 Å². The number of rotatable bonds is 3. The molecule has 1 heterocycles. The lowest BCUT2D eigenvalue weighted by Crippen LogP contribution is -2.35. The van der Waals surface area contributed by atoms with Crippen molar-refractivity contribution in [3.05, 3.63) is 29.8 Å². The summed E-state index contributed by atoms with van der Waals surface area (Å²) in [5.74, 6) is -1.51. The van der Waals surface area contributed by atoms with Gasteiger partial charge in [0.05, 0.1) is 10.5 Å². The largest absolute Gasteiger partial charge is 0.478 e. The molecule has 1 aliphatic heterocycles. The SMILES string of the molecule is O=C1CCN(S(=O)(=O)c2ccccc2C(=O)O)CCN1. The van der Waals surface area contributed by atoms with Gasteiger partial charge in [-0.3, -0.25) is 4.79 Å². The number of carbonyl (C=O) groups excluding carboxylic acids is 1. The quantitative estimate of drug-likeness (QED) is 0.810. The molecular weight excluding hydrogens is 284 g/mol. The van der Waals surface area contributed by atoms with Crippen LogP contribution in [0.2, 0.25) is 0 Å². The Labute approximate surface area is 116 Å². The number of aromatic carboxylic acids is 1. The molecule has 108 valence electrons. The third-order valence-electron chi connectivity index (χ3n) is 3.01. The van der Waals surface area contributed by atoms with Crippen LogP contribution in [0.15, 0.2) is 29.2 Å². The van der Waals surface area contributed by atoms with Gasteiger partial charge in [-0.25, -0.2) is 13.2 Å². The number of hydrogen-bond donors (Lipinski definition) is 2. The number of amides is 1. The van der Waals surface area contributed by atoms with Crippen LogP contribution in [0.3, 0.4) is 0 Å². The molecule has 0 atom stereocenters. The first kappa shape index (κ1) is 14.5. The minimum absolute atomic E-state index is 0.0438. The van der Waals surface area contributed by atoms with Crippen molar-refractivity contribution in [2.75, 3.05) is 19.6 Å². The van der Waals surface area contributed by atoms with Gasteiger partial charge in [-0.2, -0.15) is 4.31 Å².